The summed E-state index contributed by atoms with van der Waals surface area (Å²) in [4.78, 5) is 19.3. The predicted molar refractivity (Wildman–Crippen MR) is 92.2 cm³/mol. The van der Waals surface area contributed by atoms with Crippen molar-refractivity contribution in [1.29, 1.82) is 0 Å². The standard InChI is InChI=1S/C18H15FN2OS/c1-18(2)20-15(12-8-10-14(19)11-9-12)17(23)21(18)16(22)13-6-4-3-5-7-13/h3-11H,1-2H3. The second kappa shape index (κ2) is 5.66. The minimum Gasteiger partial charge on any atom is -0.272 e. The summed E-state index contributed by atoms with van der Waals surface area (Å²) in [6.45, 7) is 3.66. The van der Waals surface area contributed by atoms with Crippen molar-refractivity contribution in [1.82, 2.24) is 4.90 Å². The van der Waals surface area contributed by atoms with Gasteiger partial charge in [0.05, 0.1) is 0 Å². The molecule has 0 aliphatic carbocycles. The number of hydrogen-bond acceptors (Lipinski definition) is 3. The summed E-state index contributed by atoms with van der Waals surface area (Å²) in [6.07, 6.45) is 0. The van der Waals surface area contributed by atoms with Crippen LogP contribution in [0.25, 0.3) is 0 Å². The van der Waals surface area contributed by atoms with Gasteiger partial charge < -0.3 is 0 Å². The highest BCUT2D eigenvalue weighted by molar-refractivity contribution is 7.82. The molecule has 2 aromatic carbocycles. The highest BCUT2D eigenvalue weighted by Crippen LogP contribution is 2.29. The maximum atomic E-state index is 13.1. The van der Waals surface area contributed by atoms with Gasteiger partial charge in [0.1, 0.15) is 22.2 Å². The first-order valence-electron chi connectivity index (χ1n) is 7.20. The Morgan fingerprint density at radius 3 is 2.30 bits per heavy atom. The van der Waals surface area contributed by atoms with E-state index in [9.17, 15) is 9.18 Å². The highest BCUT2D eigenvalue weighted by Gasteiger charge is 2.42. The summed E-state index contributed by atoms with van der Waals surface area (Å²) >= 11 is 5.48. The van der Waals surface area contributed by atoms with Crippen LogP contribution in [0.1, 0.15) is 29.8 Å². The number of thiocarbonyl (C=S) groups is 1. The van der Waals surface area contributed by atoms with E-state index < -0.39 is 5.66 Å². The van der Waals surface area contributed by atoms with Gasteiger partial charge in [-0.1, -0.05) is 30.4 Å². The van der Waals surface area contributed by atoms with Crippen LogP contribution < -0.4 is 0 Å². The number of carbonyl (C=O) groups excluding carboxylic acids is 1. The number of carbonyl (C=O) groups is 1. The van der Waals surface area contributed by atoms with Crippen LogP contribution in [0.2, 0.25) is 0 Å². The number of rotatable bonds is 2. The summed E-state index contributed by atoms with van der Waals surface area (Å²) in [5.74, 6) is -0.517. The molecular weight excluding hydrogens is 311 g/mol. The van der Waals surface area contributed by atoms with E-state index in [1.54, 1.807) is 36.4 Å². The lowest BCUT2D eigenvalue weighted by atomic mass is 10.1. The smallest absolute Gasteiger partial charge is 0.260 e. The van der Waals surface area contributed by atoms with Gasteiger partial charge in [0.15, 0.2) is 0 Å². The zero-order valence-electron chi connectivity index (χ0n) is 12.8. The van der Waals surface area contributed by atoms with E-state index >= 15 is 0 Å². The van der Waals surface area contributed by atoms with Gasteiger partial charge in [0.25, 0.3) is 5.91 Å². The largest absolute Gasteiger partial charge is 0.272 e. The quantitative estimate of drug-likeness (QED) is 0.786. The Morgan fingerprint density at radius 1 is 1.09 bits per heavy atom. The molecule has 0 fully saturated rings. The van der Waals surface area contributed by atoms with Gasteiger partial charge in [0, 0.05) is 11.1 Å². The van der Waals surface area contributed by atoms with Gasteiger partial charge in [-0.25, -0.2) is 4.39 Å². The summed E-state index contributed by atoms with van der Waals surface area (Å²) < 4.78 is 13.1. The Bertz CT molecular complexity index is 798. The summed E-state index contributed by atoms with van der Waals surface area (Å²) in [6, 6.07) is 14.9. The van der Waals surface area contributed by atoms with Crippen molar-refractivity contribution in [3.63, 3.8) is 0 Å². The lowest BCUT2D eigenvalue weighted by Gasteiger charge is -2.29. The van der Waals surface area contributed by atoms with E-state index in [4.69, 9.17) is 12.2 Å². The molecule has 116 valence electrons. The maximum Gasteiger partial charge on any atom is 0.260 e. The molecule has 0 saturated heterocycles. The molecule has 5 heteroatoms. The Labute approximate surface area is 139 Å². The van der Waals surface area contributed by atoms with Gasteiger partial charge in [-0.05, 0) is 50.2 Å². The van der Waals surface area contributed by atoms with Gasteiger partial charge in [-0.3, -0.25) is 14.7 Å². The molecular formula is C18H15FN2OS. The van der Waals surface area contributed by atoms with E-state index in [1.807, 2.05) is 19.9 Å². The van der Waals surface area contributed by atoms with E-state index in [-0.39, 0.29) is 11.7 Å². The Hall–Kier alpha value is -2.40. The second-order valence-electron chi connectivity index (χ2n) is 5.77. The van der Waals surface area contributed by atoms with Crippen LogP contribution in [0.5, 0.6) is 0 Å². The number of halogens is 1. The molecule has 0 saturated carbocycles. The fourth-order valence-electron chi connectivity index (χ4n) is 2.57. The third-order valence-corrected chi connectivity index (χ3v) is 4.06. The van der Waals surface area contributed by atoms with Crippen molar-refractivity contribution < 1.29 is 9.18 Å². The van der Waals surface area contributed by atoms with Crippen LogP contribution in [0, 0.1) is 5.82 Å². The number of aliphatic imine (C=N–C) groups is 1. The van der Waals surface area contributed by atoms with Crippen molar-refractivity contribution in [2.24, 2.45) is 4.99 Å². The molecule has 1 aliphatic heterocycles. The first kappa shape index (κ1) is 15.5. The molecule has 1 amide bonds. The number of benzene rings is 2. The summed E-state index contributed by atoms with van der Waals surface area (Å²) in [5.41, 5.74) is 1.01. The first-order chi connectivity index (χ1) is 10.9. The summed E-state index contributed by atoms with van der Waals surface area (Å²) in [7, 11) is 0. The SMILES string of the molecule is CC1(C)N=C(c2ccc(F)cc2)C(=S)N1C(=O)c1ccccc1. The van der Waals surface area contributed by atoms with Gasteiger partial charge >= 0.3 is 0 Å². The minimum atomic E-state index is -0.784. The topological polar surface area (TPSA) is 32.7 Å². The number of nitrogens with zero attached hydrogens (tertiary/aromatic N) is 2. The molecule has 1 heterocycles. The summed E-state index contributed by atoms with van der Waals surface area (Å²) in [5, 5.41) is 0. The third-order valence-electron chi connectivity index (χ3n) is 3.68. The van der Waals surface area contributed by atoms with Crippen LogP contribution in [0.3, 0.4) is 0 Å². The van der Waals surface area contributed by atoms with E-state index in [1.165, 1.54) is 17.0 Å². The molecule has 3 rings (SSSR count). The van der Waals surface area contributed by atoms with Crippen LogP contribution in [0.15, 0.2) is 59.6 Å². The molecule has 0 aromatic heterocycles. The molecule has 3 nitrogen and oxygen atoms in total. The molecule has 2 aromatic rings. The molecule has 0 unspecified atom stereocenters. The zero-order chi connectivity index (χ0) is 16.6. The fraction of sp³-hybridized carbons (Fsp3) is 0.167. The minimum absolute atomic E-state index is 0.193. The van der Waals surface area contributed by atoms with Crippen molar-refractivity contribution in [2.75, 3.05) is 0 Å². The number of hydrogen-bond donors (Lipinski definition) is 0. The maximum absolute atomic E-state index is 13.1. The van der Waals surface area contributed by atoms with Crippen LogP contribution in [0.4, 0.5) is 4.39 Å². The Balaban J connectivity index is 1.98. The molecule has 0 N–H and O–H groups in total. The van der Waals surface area contributed by atoms with Gasteiger partial charge in [-0.2, -0.15) is 0 Å². The van der Waals surface area contributed by atoms with Crippen molar-refractivity contribution >= 4 is 28.8 Å². The van der Waals surface area contributed by atoms with Gasteiger partial charge in [-0.15, -0.1) is 0 Å². The zero-order valence-corrected chi connectivity index (χ0v) is 13.6. The normalized spacial score (nSPS) is 16.4. The Kier molecular flexibility index (Phi) is 3.82. The highest BCUT2D eigenvalue weighted by atomic mass is 32.1. The van der Waals surface area contributed by atoms with E-state index in [0.29, 0.717) is 21.8 Å². The van der Waals surface area contributed by atoms with Gasteiger partial charge in [0.2, 0.25) is 0 Å². The van der Waals surface area contributed by atoms with Crippen molar-refractivity contribution in [3.8, 4) is 0 Å². The second-order valence-corrected chi connectivity index (χ2v) is 6.16. The predicted octanol–water partition coefficient (Wildman–Crippen LogP) is 3.83. The molecule has 1 aliphatic rings. The molecule has 0 spiro atoms. The molecule has 23 heavy (non-hydrogen) atoms. The van der Waals surface area contributed by atoms with Crippen LogP contribution in [-0.4, -0.2) is 27.2 Å². The van der Waals surface area contributed by atoms with Crippen molar-refractivity contribution in [3.05, 3.63) is 71.5 Å². The third kappa shape index (κ3) is 2.80. The lowest BCUT2D eigenvalue weighted by Crippen LogP contribution is -2.46. The lowest BCUT2D eigenvalue weighted by molar-refractivity contribution is 0.0758. The molecule has 0 radical (unpaired) electrons. The number of amides is 1. The fourth-order valence-corrected chi connectivity index (χ4v) is 3.04. The van der Waals surface area contributed by atoms with Crippen LogP contribution in [-0.2, 0) is 0 Å². The van der Waals surface area contributed by atoms with E-state index in [2.05, 4.69) is 4.99 Å². The van der Waals surface area contributed by atoms with Crippen LogP contribution >= 0.6 is 12.2 Å². The molecule has 0 atom stereocenters. The average Bonchev–Trinajstić information content (AvgIpc) is 2.78. The molecule has 0 bridgehead atoms. The average molecular weight is 326 g/mol. The Morgan fingerprint density at radius 2 is 1.70 bits per heavy atom. The first-order valence-corrected chi connectivity index (χ1v) is 7.61. The van der Waals surface area contributed by atoms with Crippen molar-refractivity contribution in [2.45, 2.75) is 19.5 Å². The monoisotopic (exact) mass is 326 g/mol. The van der Waals surface area contributed by atoms with E-state index in [0.717, 1.165) is 0 Å².